The van der Waals surface area contributed by atoms with Crippen LogP contribution in [0.4, 0.5) is 0 Å². The van der Waals surface area contributed by atoms with Gasteiger partial charge in [0.05, 0.1) is 31.5 Å². The molecule has 3 aliphatic rings. The van der Waals surface area contributed by atoms with Gasteiger partial charge in [-0.1, -0.05) is 45.0 Å². The van der Waals surface area contributed by atoms with Gasteiger partial charge in [0.2, 0.25) is 0 Å². The van der Waals surface area contributed by atoms with E-state index in [9.17, 15) is 13.7 Å². The summed E-state index contributed by atoms with van der Waals surface area (Å²) < 4.78 is 55.7. The Bertz CT molecular complexity index is 995. The summed E-state index contributed by atoms with van der Waals surface area (Å²) in [5.74, 6) is 1.49. The molecule has 2 aliphatic carbocycles. The van der Waals surface area contributed by atoms with E-state index in [0.717, 1.165) is 31.8 Å². The average Bonchev–Trinajstić information content (AvgIpc) is 3.40. The Balaban J connectivity index is 0.000000199. The zero-order valence-corrected chi connectivity index (χ0v) is 26.9. The van der Waals surface area contributed by atoms with Crippen LogP contribution in [0, 0.1) is 11.8 Å². The highest BCUT2D eigenvalue weighted by molar-refractivity contribution is 7.57. The van der Waals surface area contributed by atoms with Gasteiger partial charge in [0.1, 0.15) is 0 Å². The van der Waals surface area contributed by atoms with Crippen LogP contribution in [0.1, 0.15) is 57.1 Å². The fourth-order valence-electron chi connectivity index (χ4n) is 4.92. The normalized spacial score (nSPS) is 29.6. The first-order valence-electron chi connectivity index (χ1n) is 13.3. The number of benzene rings is 1. The van der Waals surface area contributed by atoms with Crippen LogP contribution in [0.5, 0.6) is 0 Å². The first kappa shape index (κ1) is 33.0. The molecule has 0 N–H and O–H groups in total. The van der Waals surface area contributed by atoms with Crippen molar-refractivity contribution in [3.05, 3.63) is 35.4 Å². The van der Waals surface area contributed by atoms with Crippen molar-refractivity contribution in [2.45, 2.75) is 70.7 Å². The highest BCUT2D eigenvalue weighted by Crippen LogP contribution is 2.46. The fourth-order valence-corrected chi connectivity index (χ4v) is 7.66. The number of hydrogen-bond donors (Lipinski definition) is 0. The molecule has 0 radical (unpaired) electrons. The largest absolute Gasteiger partial charge is 0.378 e. The molecule has 4 rings (SSSR count). The Labute approximate surface area is 225 Å². The van der Waals surface area contributed by atoms with E-state index in [1.54, 1.807) is 40.0 Å². The van der Waals surface area contributed by atoms with Crippen LogP contribution < -0.4 is 0 Å². The van der Waals surface area contributed by atoms with Gasteiger partial charge in [0.15, 0.2) is 22.1 Å². The minimum Gasteiger partial charge on any atom is -0.378 e. The highest BCUT2D eigenvalue weighted by Gasteiger charge is 2.32. The van der Waals surface area contributed by atoms with Crippen molar-refractivity contribution in [1.29, 1.82) is 0 Å². The summed E-state index contributed by atoms with van der Waals surface area (Å²) in [6.45, 7) is 17.8. The lowest BCUT2D eigenvalue weighted by Crippen LogP contribution is -2.18. The maximum atomic E-state index is 11.6. The predicted octanol–water partition coefficient (Wildman–Crippen LogP) is 7.57. The number of fused-ring (bicyclic) bond motifs is 1. The van der Waals surface area contributed by atoms with Crippen molar-refractivity contribution < 1.29 is 32.0 Å². The van der Waals surface area contributed by atoms with E-state index < -0.39 is 22.1 Å². The molecule has 6 atom stereocenters. The molecule has 1 saturated carbocycles. The summed E-state index contributed by atoms with van der Waals surface area (Å²) in [6, 6.07) is 8.37. The zero-order valence-electron chi connectivity index (χ0n) is 24.2. The number of rotatable bonds is 6. The van der Waals surface area contributed by atoms with Gasteiger partial charge < -0.3 is 18.3 Å². The molecule has 1 saturated heterocycles. The Hall–Kier alpha value is -0.250. The topological polar surface area (TPSA) is 88.1 Å². The van der Waals surface area contributed by atoms with Gasteiger partial charge in [0.25, 0.3) is 0 Å². The second-order valence-electron chi connectivity index (χ2n) is 11.9. The Morgan fingerprint density at radius 3 is 1.78 bits per heavy atom. The van der Waals surface area contributed by atoms with E-state index in [1.807, 2.05) is 13.0 Å². The molecule has 1 aliphatic heterocycles. The Morgan fingerprint density at radius 2 is 1.32 bits per heavy atom. The van der Waals surface area contributed by atoms with E-state index in [0.29, 0.717) is 18.4 Å². The smallest absolute Gasteiger partial charge is 0.197 e. The molecular weight excluding hydrogens is 529 g/mol. The van der Waals surface area contributed by atoms with Crippen molar-refractivity contribution in [2.75, 3.05) is 53.2 Å². The Kier molecular flexibility index (Phi) is 12.4. The fraction of sp³-hybridized carbons (Fsp3) is 0.778. The van der Waals surface area contributed by atoms with Crippen LogP contribution in [-0.2, 0) is 38.4 Å². The van der Waals surface area contributed by atoms with Crippen LogP contribution in [-0.4, -0.2) is 71.5 Å². The van der Waals surface area contributed by atoms with E-state index in [-0.39, 0.29) is 18.3 Å². The van der Waals surface area contributed by atoms with Gasteiger partial charge in [-0.25, -0.2) is 0 Å². The summed E-state index contributed by atoms with van der Waals surface area (Å²) in [5.41, 5.74) is 2.68. The maximum absolute atomic E-state index is 11.6. The maximum Gasteiger partial charge on any atom is 0.197 e. The number of ether oxygens (including phenoxy) is 1. The standard InChI is InChI=1S/C12H17O2P.C8H17O2P.C7H15O3P/c1-9-11-7-5-4-6-10(11)8-12(9)14-15(2,3)13;1-7-4-5-8(6-7)10-11(2,3)9;1-6-4-9-5-7(6)10-11(2,3)8/h4-7,9,12H,8H2,1-3H3;7-8H,4-6H2,1-3H3;6-7H,4-5H2,1-3H3. The van der Waals surface area contributed by atoms with Gasteiger partial charge >= 0.3 is 0 Å². The minimum absolute atomic E-state index is 0.0378. The first-order valence-corrected chi connectivity index (χ1v) is 20.8. The van der Waals surface area contributed by atoms with Crippen LogP contribution in [0.15, 0.2) is 24.3 Å². The van der Waals surface area contributed by atoms with Gasteiger partial charge in [-0.3, -0.25) is 13.7 Å². The summed E-state index contributed by atoms with van der Waals surface area (Å²) in [7, 11) is -6.95. The third kappa shape index (κ3) is 12.6. The molecule has 7 nitrogen and oxygen atoms in total. The quantitative estimate of drug-likeness (QED) is 0.322. The van der Waals surface area contributed by atoms with E-state index in [4.69, 9.17) is 18.3 Å². The molecule has 0 aromatic heterocycles. The lowest BCUT2D eigenvalue weighted by atomic mass is 10.0. The average molecular weight is 579 g/mol. The SMILES string of the molecule is CC1CCC(OP(C)(C)=O)C1.CC1COCC1OP(C)(C)=O.CC1c2ccccc2CC1OP(C)(C)=O. The molecule has 0 amide bonds. The minimum atomic E-state index is -2.38. The second kappa shape index (κ2) is 13.9. The molecule has 0 bridgehead atoms. The Morgan fingerprint density at radius 1 is 0.757 bits per heavy atom. The number of hydrogen-bond acceptors (Lipinski definition) is 7. The second-order valence-corrected chi connectivity index (χ2v) is 20.0. The third-order valence-corrected chi connectivity index (χ3v) is 9.01. The van der Waals surface area contributed by atoms with Crippen LogP contribution >= 0.6 is 22.1 Å². The summed E-state index contributed by atoms with van der Waals surface area (Å²) >= 11 is 0. The molecule has 2 fully saturated rings. The van der Waals surface area contributed by atoms with Crippen molar-refractivity contribution >= 4 is 22.1 Å². The van der Waals surface area contributed by atoms with Gasteiger partial charge in [-0.05, 0) is 42.7 Å². The van der Waals surface area contributed by atoms with E-state index in [1.165, 1.54) is 17.5 Å². The molecule has 214 valence electrons. The van der Waals surface area contributed by atoms with Crippen LogP contribution in [0.2, 0.25) is 0 Å². The molecule has 10 heteroatoms. The lowest BCUT2D eigenvalue weighted by Gasteiger charge is -2.19. The molecule has 6 unspecified atom stereocenters. The molecule has 0 spiro atoms. The first-order chi connectivity index (χ1) is 16.9. The van der Waals surface area contributed by atoms with E-state index in [2.05, 4.69) is 32.0 Å². The van der Waals surface area contributed by atoms with Crippen LogP contribution in [0.3, 0.4) is 0 Å². The third-order valence-electron chi connectivity index (χ3n) is 6.65. The van der Waals surface area contributed by atoms with Gasteiger partial charge in [0, 0.05) is 51.8 Å². The highest BCUT2D eigenvalue weighted by atomic mass is 31.2. The molecule has 1 heterocycles. The van der Waals surface area contributed by atoms with E-state index >= 15 is 0 Å². The molecule has 1 aromatic carbocycles. The van der Waals surface area contributed by atoms with Gasteiger partial charge in [-0.2, -0.15) is 0 Å². The zero-order chi connectivity index (χ0) is 28.0. The van der Waals surface area contributed by atoms with Crippen molar-refractivity contribution in [1.82, 2.24) is 0 Å². The van der Waals surface area contributed by atoms with Gasteiger partial charge in [-0.15, -0.1) is 0 Å². The summed E-state index contributed by atoms with van der Waals surface area (Å²) in [4.78, 5) is 0. The lowest BCUT2D eigenvalue weighted by molar-refractivity contribution is 0.142. The summed E-state index contributed by atoms with van der Waals surface area (Å²) in [6.07, 6.45) is 4.69. The molecule has 1 aromatic rings. The summed E-state index contributed by atoms with van der Waals surface area (Å²) in [5, 5.41) is 0. The monoisotopic (exact) mass is 578 g/mol. The van der Waals surface area contributed by atoms with Crippen molar-refractivity contribution in [2.24, 2.45) is 11.8 Å². The molecular formula is C27H49O7P3. The molecule has 37 heavy (non-hydrogen) atoms. The van der Waals surface area contributed by atoms with Crippen molar-refractivity contribution in [3.63, 3.8) is 0 Å². The van der Waals surface area contributed by atoms with Crippen molar-refractivity contribution in [3.8, 4) is 0 Å². The predicted molar refractivity (Wildman–Crippen MR) is 155 cm³/mol. The van der Waals surface area contributed by atoms with Crippen LogP contribution in [0.25, 0.3) is 0 Å².